The second-order valence-corrected chi connectivity index (χ2v) is 6.05. The standard InChI is InChI=1S/C14H15N7OS/c1-9(2)11(13(22)16-14-18-15-8-23-14)21-19-12(17-20-21)10-6-4-3-5-7-10/h3-9,11H,1-2H3,(H,16,18,22)/t11-/m1/s1. The van der Waals surface area contributed by atoms with Crippen LogP contribution in [0.4, 0.5) is 5.13 Å². The third-order valence-electron chi connectivity index (χ3n) is 3.20. The number of hydrogen-bond donors (Lipinski definition) is 1. The first-order valence-electron chi connectivity index (χ1n) is 7.07. The lowest BCUT2D eigenvalue weighted by molar-refractivity contribution is -0.121. The first kappa shape index (κ1) is 15.2. The summed E-state index contributed by atoms with van der Waals surface area (Å²) in [4.78, 5) is 13.8. The SMILES string of the molecule is CC(C)[C@H](C(=O)Nc1nncs1)n1nnc(-c2ccccc2)n1. The van der Waals surface area contributed by atoms with Crippen LogP contribution in [0.2, 0.25) is 0 Å². The molecule has 0 saturated carbocycles. The summed E-state index contributed by atoms with van der Waals surface area (Å²) < 4.78 is 0. The smallest absolute Gasteiger partial charge is 0.253 e. The van der Waals surface area contributed by atoms with Crippen LogP contribution >= 0.6 is 11.3 Å². The molecule has 23 heavy (non-hydrogen) atoms. The van der Waals surface area contributed by atoms with Crippen molar-refractivity contribution in [2.75, 3.05) is 5.32 Å². The van der Waals surface area contributed by atoms with Crippen LogP contribution in [0.1, 0.15) is 19.9 Å². The molecular formula is C14H15N7OS. The highest BCUT2D eigenvalue weighted by Crippen LogP contribution is 2.21. The zero-order valence-corrected chi connectivity index (χ0v) is 13.4. The minimum Gasteiger partial charge on any atom is -0.299 e. The lowest BCUT2D eigenvalue weighted by Crippen LogP contribution is -2.31. The number of hydrogen-bond acceptors (Lipinski definition) is 7. The first-order chi connectivity index (χ1) is 11.1. The number of carbonyl (C=O) groups excluding carboxylic acids is 1. The Kier molecular flexibility index (Phi) is 4.38. The average Bonchev–Trinajstić information content (AvgIpc) is 3.20. The third kappa shape index (κ3) is 3.39. The Bertz CT molecular complexity index is 770. The molecule has 2 heterocycles. The summed E-state index contributed by atoms with van der Waals surface area (Å²) in [5, 5.41) is 23.1. The Morgan fingerprint density at radius 1 is 1.22 bits per heavy atom. The zero-order valence-electron chi connectivity index (χ0n) is 12.6. The van der Waals surface area contributed by atoms with Crippen molar-refractivity contribution in [1.29, 1.82) is 0 Å². The number of amides is 1. The molecule has 8 nitrogen and oxygen atoms in total. The molecule has 9 heteroatoms. The van der Waals surface area contributed by atoms with Gasteiger partial charge in [0.2, 0.25) is 11.0 Å². The van der Waals surface area contributed by atoms with Gasteiger partial charge in [0.05, 0.1) is 0 Å². The number of tetrazole rings is 1. The van der Waals surface area contributed by atoms with Gasteiger partial charge in [-0.05, 0) is 11.1 Å². The molecule has 1 amide bonds. The van der Waals surface area contributed by atoms with Gasteiger partial charge in [-0.1, -0.05) is 55.5 Å². The summed E-state index contributed by atoms with van der Waals surface area (Å²) in [6.07, 6.45) is 0. The van der Waals surface area contributed by atoms with Crippen LogP contribution in [-0.2, 0) is 4.79 Å². The number of carbonyl (C=O) groups is 1. The summed E-state index contributed by atoms with van der Waals surface area (Å²) in [6.45, 7) is 3.85. The Hall–Kier alpha value is -2.68. The lowest BCUT2D eigenvalue weighted by Gasteiger charge is -2.17. The maximum atomic E-state index is 12.5. The van der Waals surface area contributed by atoms with E-state index in [0.29, 0.717) is 11.0 Å². The van der Waals surface area contributed by atoms with E-state index in [1.165, 1.54) is 16.1 Å². The molecule has 1 aromatic carbocycles. The number of nitrogens with one attached hydrogen (secondary N) is 1. The summed E-state index contributed by atoms with van der Waals surface area (Å²) in [7, 11) is 0. The highest BCUT2D eigenvalue weighted by molar-refractivity contribution is 7.13. The van der Waals surface area contributed by atoms with Crippen LogP contribution in [0.5, 0.6) is 0 Å². The Labute approximate surface area is 136 Å². The molecule has 3 aromatic rings. The van der Waals surface area contributed by atoms with Crippen molar-refractivity contribution in [3.8, 4) is 11.4 Å². The van der Waals surface area contributed by atoms with E-state index in [0.717, 1.165) is 5.56 Å². The lowest BCUT2D eigenvalue weighted by atomic mass is 10.0. The number of nitrogens with zero attached hydrogens (tertiary/aromatic N) is 6. The molecule has 0 unspecified atom stereocenters. The molecule has 0 radical (unpaired) electrons. The van der Waals surface area contributed by atoms with Gasteiger partial charge >= 0.3 is 0 Å². The van der Waals surface area contributed by atoms with Crippen molar-refractivity contribution in [1.82, 2.24) is 30.4 Å². The molecule has 0 saturated heterocycles. The van der Waals surface area contributed by atoms with Gasteiger partial charge in [-0.15, -0.1) is 20.4 Å². The summed E-state index contributed by atoms with van der Waals surface area (Å²) in [5.74, 6) is 0.231. The van der Waals surface area contributed by atoms with Crippen LogP contribution in [-0.4, -0.2) is 36.3 Å². The minimum absolute atomic E-state index is 0.0132. The topological polar surface area (TPSA) is 98.5 Å². The normalized spacial score (nSPS) is 12.3. The zero-order chi connectivity index (χ0) is 16.2. The van der Waals surface area contributed by atoms with Gasteiger partial charge < -0.3 is 0 Å². The monoisotopic (exact) mass is 329 g/mol. The molecular weight excluding hydrogens is 314 g/mol. The summed E-state index contributed by atoms with van der Waals surface area (Å²) >= 11 is 1.26. The summed E-state index contributed by atoms with van der Waals surface area (Å²) in [5.41, 5.74) is 2.41. The van der Waals surface area contributed by atoms with Crippen molar-refractivity contribution < 1.29 is 4.79 Å². The number of aromatic nitrogens is 6. The van der Waals surface area contributed by atoms with E-state index >= 15 is 0 Å². The number of anilines is 1. The molecule has 3 rings (SSSR count). The molecule has 0 fully saturated rings. The largest absolute Gasteiger partial charge is 0.299 e. The average molecular weight is 329 g/mol. The van der Waals surface area contributed by atoms with E-state index in [1.807, 2.05) is 44.2 Å². The maximum absolute atomic E-state index is 12.5. The van der Waals surface area contributed by atoms with Crippen molar-refractivity contribution in [2.45, 2.75) is 19.9 Å². The van der Waals surface area contributed by atoms with Gasteiger partial charge in [-0.25, -0.2) is 0 Å². The predicted octanol–water partition coefficient (Wildman–Crippen LogP) is 2.03. The van der Waals surface area contributed by atoms with E-state index in [1.54, 1.807) is 5.51 Å². The van der Waals surface area contributed by atoms with Crippen LogP contribution in [0.3, 0.4) is 0 Å². The molecule has 118 valence electrons. The minimum atomic E-state index is -0.580. The van der Waals surface area contributed by atoms with Gasteiger partial charge in [0.1, 0.15) is 5.51 Å². The van der Waals surface area contributed by atoms with E-state index < -0.39 is 6.04 Å². The fraction of sp³-hybridized carbons (Fsp3) is 0.286. The van der Waals surface area contributed by atoms with E-state index in [2.05, 4.69) is 30.9 Å². The fourth-order valence-corrected chi connectivity index (χ4v) is 2.57. The molecule has 1 N–H and O–H groups in total. The molecule has 0 aliphatic rings. The fourth-order valence-electron chi connectivity index (χ4n) is 2.13. The highest BCUT2D eigenvalue weighted by Gasteiger charge is 2.27. The first-order valence-corrected chi connectivity index (χ1v) is 7.95. The molecule has 1 atom stereocenters. The highest BCUT2D eigenvalue weighted by atomic mass is 32.1. The van der Waals surface area contributed by atoms with Crippen LogP contribution in [0, 0.1) is 5.92 Å². The summed E-state index contributed by atoms with van der Waals surface area (Å²) in [6, 6.07) is 8.93. The second kappa shape index (κ2) is 6.61. The van der Waals surface area contributed by atoms with Crippen molar-refractivity contribution in [3.63, 3.8) is 0 Å². The van der Waals surface area contributed by atoms with Gasteiger partial charge in [-0.2, -0.15) is 4.80 Å². The molecule has 2 aromatic heterocycles. The predicted molar refractivity (Wildman–Crippen MR) is 85.7 cm³/mol. The number of benzene rings is 1. The molecule has 0 aliphatic heterocycles. The van der Waals surface area contributed by atoms with Crippen LogP contribution in [0.25, 0.3) is 11.4 Å². The van der Waals surface area contributed by atoms with Gasteiger partial charge in [0.15, 0.2) is 6.04 Å². The van der Waals surface area contributed by atoms with E-state index in [4.69, 9.17) is 0 Å². The van der Waals surface area contributed by atoms with E-state index in [-0.39, 0.29) is 11.8 Å². The van der Waals surface area contributed by atoms with Crippen LogP contribution < -0.4 is 5.32 Å². The molecule has 0 spiro atoms. The van der Waals surface area contributed by atoms with Gasteiger partial charge in [0.25, 0.3) is 5.91 Å². The van der Waals surface area contributed by atoms with Crippen molar-refractivity contribution in [3.05, 3.63) is 35.8 Å². The Morgan fingerprint density at radius 3 is 2.65 bits per heavy atom. The second-order valence-electron chi connectivity index (χ2n) is 5.22. The van der Waals surface area contributed by atoms with Crippen molar-refractivity contribution in [2.24, 2.45) is 5.92 Å². The Morgan fingerprint density at radius 2 is 2.00 bits per heavy atom. The quantitative estimate of drug-likeness (QED) is 0.769. The van der Waals surface area contributed by atoms with Crippen molar-refractivity contribution >= 4 is 22.4 Å². The Balaban J connectivity index is 1.84. The molecule has 0 aliphatic carbocycles. The third-order valence-corrected chi connectivity index (χ3v) is 3.81. The van der Waals surface area contributed by atoms with Gasteiger partial charge in [-0.3, -0.25) is 10.1 Å². The number of rotatable bonds is 5. The van der Waals surface area contributed by atoms with Gasteiger partial charge in [0, 0.05) is 5.56 Å². The van der Waals surface area contributed by atoms with E-state index in [9.17, 15) is 4.79 Å². The van der Waals surface area contributed by atoms with Crippen LogP contribution in [0.15, 0.2) is 35.8 Å². The maximum Gasteiger partial charge on any atom is 0.253 e. The molecule has 0 bridgehead atoms.